The minimum Gasteiger partial charge on any atom is -0.462 e. The summed E-state index contributed by atoms with van der Waals surface area (Å²) in [4.78, 5) is 12.1. The summed E-state index contributed by atoms with van der Waals surface area (Å²) in [5, 5.41) is 1.71. The van der Waals surface area contributed by atoms with Crippen molar-refractivity contribution in [2.24, 2.45) is 0 Å². The maximum atomic E-state index is 12.7. The van der Waals surface area contributed by atoms with Crippen molar-refractivity contribution >= 4 is 33.0 Å². The Kier molecular flexibility index (Phi) is 5.20. The van der Waals surface area contributed by atoms with E-state index in [1.165, 1.54) is 4.31 Å². The van der Waals surface area contributed by atoms with Gasteiger partial charge in [-0.2, -0.15) is 0 Å². The Labute approximate surface area is 134 Å². The van der Waals surface area contributed by atoms with Gasteiger partial charge in [0.25, 0.3) is 10.0 Å². The highest BCUT2D eigenvalue weighted by molar-refractivity contribution is 7.94. The fourth-order valence-corrected chi connectivity index (χ4v) is 4.66. The van der Waals surface area contributed by atoms with E-state index in [0.29, 0.717) is 5.69 Å². The van der Waals surface area contributed by atoms with Gasteiger partial charge in [0.1, 0.15) is 4.21 Å². The number of benzene rings is 1. The topological polar surface area (TPSA) is 63.7 Å². The summed E-state index contributed by atoms with van der Waals surface area (Å²) in [7, 11) is -3.69. The SMILES string of the molecule is CCOC(=O)c1ccccc1N(CC)S(=O)(=O)c1cccs1. The Morgan fingerprint density at radius 3 is 2.50 bits per heavy atom. The average molecular weight is 339 g/mol. The van der Waals surface area contributed by atoms with E-state index < -0.39 is 16.0 Å². The number of ether oxygens (including phenoxy) is 1. The number of rotatable bonds is 6. The molecule has 5 nitrogen and oxygen atoms in total. The number of hydrogen-bond donors (Lipinski definition) is 0. The maximum absolute atomic E-state index is 12.7. The average Bonchev–Trinajstić information content (AvgIpc) is 3.03. The van der Waals surface area contributed by atoms with Gasteiger partial charge in [0.15, 0.2) is 0 Å². The Morgan fingerprint density at radius 1 is 1.18 bits per heavy atom. The predicted molar refractivity (Wildman–Crippen MR) is 86.9 cm³/mol. The van der Waals surface area contributed by atoms with E-state index in [2.05, 4.69) is 0 Å². The fraction of sp³-hybridized carbons (Fsp3) is 0.267. The second-order valence-corrected chi connectivity index (χ2v) is 7.38. The molecule has 0 aliphatic carbocycles. The lowest BCUT2D eigenvalue weighted by Gasteiger charge is -2.24. The number of nitrogens with zero attached hydrogens (tertiary/aromatic N) is 1. The van der Waals surface area contributed by atoms with Gasteiger partial charge in [-0.1, -0.05) is 18.2 Å². The smallest absolute Gasteiger partial charge is 0.340 e. The molecule has 0 atom stereocenters. The number of thiophene rings is 1. The molecule has 0 saturated carbocycles. The molecule has 0 unspecified atom stereocenters. The molecule has 0 aliphatic heterocycles. The summed E-state index contributed by atoms with van der Waals surface area (Å²) in [6.45, 7) is 3.89. The van der Waals surface area contributed by atoms with Crippen molar-refractivity contribution in [3.05, 3.63) is 47.3 Å². The first-order chi connectivity index (χ1) is 10.5. The van der Waals surface area contributed by atoms with E-state index in [4.69, 9.17) is 4.74 Å². The minimum absolute atomic E-state index is 0.219. The molecule has 118 valence electrons. The molecule has 2 aromatic rings. The summed E-state index contributed by atoms with van der Waals surface area (Å²) in [5.74, 6) is -0.530. The number of hydrogen-bond acceptors (Lipinski definition) is 5. The van der Waals surface area contributed by atoms with E-state index in [9.17, 15) is 13.2 Å². The highest BCUT2D eigenvalue weighted by Crippen LogP contribution is 2.29. The van der Waals surface area contributed by atoms with Crippen LogP contribution in [0.3, 0.4) is 0 Å². The quantitative estimate of drug-likeness (QED) is 0.759. The minimum atomic E-state index is -3.69. The summed E-state index contributed by atoms with van der Waals surface area (Å²) in [6, 6.07) is 9.80. The van der Waals surface area contributed by atoms with Crippen LogP contribution in [0.25, 0.3) is 0 Å². The summed E-state index contributed by atoms with van der Waals surface area (Å²) in [6.07, 6.45) is 0. The zero-order chi connectivity index (χ0) is 16.2. The number of esters is 1. The van der Waals surface area contributed by atoms with Gasteiger partial charge in [0.05, 0.1) is 17.9 Å². The van der Waals surface area contributed by atoms with Crippen LogP contribution in [0.2, 0.25) is 0 Å². The first-order valence-corrected chi connectivity index (χ1v) is 9.16. The van der Waals surface area contributed by atoms with E-state index >= 15 is 0 Å². The van der Waals surface area contributed by atoms with Crippen molar-refractivity contribution in [1.29, 1.82) is 0 Å². The molecule has 0 saturated heterocycles. The number of para-hydroxylation sites is 1. The van der Waals surface area contributed by atoms with Crippen molar-refractivity contribution in [1.82, 2.24) is 0 Å². The second-order valence-electron chi connectivity index (χ2n) is 4.34. The maximum Gasteiger partial charge on any atom is 0.340 e. The van der Waals surface area contributed by atoms with Crippen molar-refractivity contribution < 1.29 is 17.9 Å². The van der Waals surface area contributed by atoms with Gasteiger partial charge >= 0.3 is 5.97 Å². The standard InChI is InChI=1S/C15H17NO4S2/c1-3-16(22(18,19)14-10-7-11-21-14)13-9-6-5-8-12(13)15(17)20-4-2/h5-11H,3-4H2,1-2H3. The van der Waals surface area contributed by atoms with Crippen LogP contribution in [-0.4, -0.2) is 27.5 Å². The Balaban J connectivity index is 2.51. The molecule has 0 N–H and O–H groups in total. The fourth-order valence-electron chi connectivity index (χ4n) is 2.06. The molecule has 0 aliphatic rings. The zero-order valence-electron chi connectivity index (χ0n) is 12.4. The Hall–Kier alpha value is -1.86. The van der Waals surface area contributed by atoms with Crippen molar-refractivity contribution in [2.75, 3.05) is 17.5 Å². The number of sulfonamides is 1. The lowest BCUT2D eigenvalue weighted by molar-refractivity contribution is 0.0527. The molecule has 0 amide bonds. The first kappa shape index (κ1) is 16.5. The number of anilines is 1. The molecular formula is C15H17NO4S2. The van der Waals surface area contributed by atoms with Gasteiger partial charge in [0, 0.05) is 6.54 Å². The van der Waals surface area contributed by atoms with Crippen molar-refractivity contribution in [3.63, 3.8) is 0 Å². The molecule has 0 fully saturated rings. The van der Waals surface area contributed by atoms with E-state index in [1.54, 1.807) is 55.6 Å². The van der Waals surface area contributed by atoms with Gasteiger partial charge < -0.3 is 4.74 Å². The van der Waals surface area contributed by atoms with Gasteiger partial charge in [-0.3, -0.25) is 4.31 Å². The Bertz CT molecular complexity index is 739. The molecule has 1 heterocycles. The van der Waals surface area contributed by atoms with E-state index in [1.807, 2.05) is 0 Å². The number of carbonyl (C=O) groups excluding carboxylic acids is 1. The van der Waals surface area contributed by atoms with Crippen LogP contribution in [0.5, 0.6) is 0 Å². The van der Waals surface area contributed by atoms with Crippen LogP contribution < -0.4 is 4.31 Å². The summed E-state index contributed by atoms with van der Waals surface area (Å²) < 4.78 is 32.0. The molecule has 2 rings (SSSR count). The van der Waals surface area contributed by atoms with Crippen LogP contribution in [0.15, 0.2) is 46.0 Å². The van der Waals surface area contributed by atoms with Crippen LogP contribution in [0.4, 0.5) is 5.69 Å². The van der Waals surface area contributed by atoms with Gasteiger partial charge in [0.2, 0.25) is 0 Å². The summed E-state index contributed by atoms with van der Waals surface area (Å²) in [5.41, 5.74) is 0.572. The molecule has 0 radical (unpaired) electrons. The van der Waals surface area contributed by atoms with Crippen LogP contribution in [0, 0.1) is 0 Å². The molecule has 0 bridgehead atoms. The molecule has 1 aromatic heterocycles. The molecule has 0 spiro atoms. The predicted octanol–water partition coefficient (Wildman–Crippen LogP) is 3.14. The van der Waals surface area contributed by atoms with Crippen molar-refractivity contribution in [3.8, 4) is 0 Å². The highest BCUT2D eigenvalue weighted by atomic mass is 32.2. The Morgan fingerprint density at radius 2 is 1.91 bits per heavy atom. The molecule has 7 heteroatoms. The second kappa shape index (κ2) is 6.93. The zero-order valence-corrected chi connectivity index (χ0v) is 14.0. The number of carbonyl (C=O) groups is 1. The molecular weight excluding hydrogens is 322 g/mol. The lowest BCUT2D eigenvalue weighted by atomic mass is 10.2. The molecule has 22 heavy (non-hydrogen) atoms. The van der Waals surface area contributed by atoms with Gasteiger partial charge in [-0.25, -0.2) is 13.2 Å². The third-order valence-electron chi connectivity index (χ3n) is 2.99. The first-order valence-electron chi connectivity index (χ1n) is 6.84. The normalized spacial score (nSPS) is 11.2. The lowest BCUT2D eigenvalue weighted by Crippen LogP contribution is -2.31. The third kappa shape index (κ3) is 3.15. The van der Waals surface area contributed by atoms with Crippen molar-refractivity contribution in [2.45, 2.75) is 18.1 Å². The van der Waals surface area contributed by atoms with Gasteiger partial charge in [-0.05, 0) is 37.4 Å². The van der Waals surface area contributed by atoms with Crippen LogP contribution in [0.1, 0.15) is 24.2 Å². The molecule has 1 aromatic carbocycles. The van der Waals surface area contributed by atoms with Gasteiger partial charge in [-0.15, -0.1) is 11.3 Å². The van der Waals surface area contributed by atoms with Crippen LogP contribution in [-0.2, 0) is 14.8 Å². The monoisotopic (exact) mass is 339 g/mol. The summed E-state index contributed by atoms with van der Waals surface area (Å²) >= 11 is 1.15. The highest BCUT2D eigenvalue weighted by Gasteiger charge is 2.28. The van der Waals surface area contributed by atoms with E-state index in [-0.39, 0.29) is 22.9 Å². The largest absolute Gasteiger partial charge is 0.462 e. The third-order valence-corrected chi connectivity index (χ3v) is 6.26. The van der Waals surface area contributed by atoms with Crippen LogP contribution >= 0.6 is 11.3 Å². The van der Waals surface area contributed by atoms with E-state index in [0.717, 1.165) is 11.3 Å².